The average molecular weight is 353 g/mol. The van der Waals surface area contributed by atoms with Gasteiger partial charge in [0.1, 0.15) is 0 Å². The van der Waals surface area contributed by atoms with Gasteiger partial charge in [0.05, 0.1) is 12.2 Å². The summed E-state index contributed by atoms with van der Waals surface area (Å²) in [7, 11) is 0. The molecule has 0 unspecified atom stereocenters. The number of carboxylic acid groups (broad SMARTS) is 1. The molecule has 4 nitrogen and oxygen atoms in total. The predicted molar refractivity (Wildman–Crippen MR) is 99.7 cm³/mol. The lowest BCUT2D eigenvalue weighted by atomic mass is 9.76. The minimum absolute atomic E-state index is 0.264. The third-order valence-corrected chi connectivity index (χ3v) is 5.66. The molecule has 0 spiro atoms. The highest BCUT2D eigenvalue weighted by atomic mass is 16.5. The summed E-state index contributed by atoms with van der Waals surface area (Å²) >= 11 is 0. The number of hydrogen-bond acceptors (Lipinski definition) is 3. The summed E-state index contributed by atoms with van der Waals surface area (Å²) in [5.41, 5.74) is 0. The molecule has 2 aliphatic rings. The number of aliphatic carboxylic acids is 1. The maximum atomic E-state index is 10.5. The molecule has 4 atom stereocenters. The molecule has 0 radical (unpaired) electrons. The first-order valence-corrected chi connectivity index (χ1v) is 10.3. The van der Waals surface area contributed by atoms with Crippen molar-refractivity contribution in [1.29, 1.82) is 0 Å². The van der Waals surface area contributed by atoms with E-state index in [9.17, 15) is 4.79 Å². The van der Waals surface area contributed by atoms with Gasteiger partial charge in [0, 0.05) is 19.6 Å². The van der Waals surface area contributed by atoms with Crippen molar-refractivity contribution in [1.82, 2.24) is 0 Å². The van der Waals surface area contributed by atoms with Crippen molar-refractivity contribution in [3.05, 3.63) is 12.2 Å². The van der Waals surface area contributed by atoms with E-state index in [-0.39, 0.29) is 6.42 Å². The van der Waals surface area contributed by atoms with Crippen LogP contribution in [0, 0.1) is 11.8 Å². The Morgan fingerprint density at radius 2 is 1.88 bits per heavy atom. The highest BCUT2D eigenvalue weighted by molar-refractivity contribution is 5.66. The number of rotatable bonds is 14. The Morgan fingerprint density at radius 1 is 1.08 bits per heavy atom. The minimum Gasteiger partial charge on any atom is -0.481 e. The quantitative estimate of drug-likeness (QED) is 0.354. The molecule has 0 amide bonds. The number of ether oxygens (including phenoxy) is 2. The summed E-state index contributed by atoms with van der Waals surface area (Å²) in [5.74, 6) is 0.556. The van der Waals surface area contributed by atoms with Crippen LogP contribution in [0.1, 0.15) is 77.6 Å². The first kappa shape index (κ1) is 20.4. The van der Waals surface area contributed by atoms with Crippen LogP contribution in [0.15, 0.2) is 12.2 Å². The SMILES string of the molecule is CCCCCCOCC[C@H]1[C@@H](CC=CCCCC(=O)O)[C@H]2CC[C@@H]1O2. The molecule has 0 aliphatic carbocycles. The fraction of sp³-hybridized carbons (Fsp3) is 0.857. The van der Waals surface area contributed by atoms with E-state index in [1.807, 2.05) is 0 Å². The molecule has 0 saturated carbocycles. The Kier molecular flexibility index (Phi) is 9.56. The molecule has 0 aromatic rings. The fourth-order valence-corrected chi connectivity index (χ4v) is 4.29. The monoisotopic (exact) mass is 352 g/mol. The molecule has 2 saturated heterocycles. The highest BCUT2D eigenvalue weighted by Crippen LogP contribution is 2.46. The first-order valence-electron chi connectivity index (χ1n) is 10.3. The van der Waals surface area contributed by atoms with Gasteiger partial charge < -0.3 is 14.6 Å². The van der Waals surface area contributed by atoms with Crippen LogP contribution >= 0.6 is 0 Å². The van der Waals surface area contributed by atoms with E-state index in [0.29, 0.717) is 24.0 Å². The van der Waals surface area contributed by atoms with E-state index in [1.165, 1.54) is 38.5 Å². The molecule has 2 fully saturated rings. The summed E-state index contributed by atoms with van der Waals surface area (Å²) in [6, 6.07) is 0. The van der Waals surface area contributed by atoms with Gasteiger partial charge >= 0.3 is 5.97 Å². The number of carboxylic acids is 1. The van der Waals surface area contributed by atoms with E-state index >= 15 is 0 Å². The Morgan fingerprint density at radius 3 is 2.64 bits per heavy atom. The maximum Gasteiger partial charge on any atom is 0.303 e. The van der Waals surface area contributed by atoms with Crippen molar-refractivity contribution in [2.24, 2.45) is 11.8 Å². The number of unbranched alkanes of at least 4 members (excludes halogenated alkanes) is 4. The number of carbonyl (C=O) groups is 1. The zero-order valence-corrected chi connectivity index (χ0v) is 15.8. The summed E-state index contributed by atoms with van der Waals surface area (Å²) in [5, 5.41) is 8.66. The molecular formula is C21H36O4. The molecule has 1 N–H and O–H groups in total. The number of fused-ring (bicyclic) bond motifs is 2. The van der Waals surface area contributed by atoms with Crippen molar-refractivity contribution in [2.75, 3.05) is 13.2 Å². The summed E-state index contributed by atoms with van der Waals surface area (Å²) in [6.45, 7) is 3.99. The van der Waals surface area contributed by atoms with Crippen molar-refractivity contribution in [3.63, 3.8) is 0 Å². The van der Waals surface area contributed by atoms with Crippen LogP contribution in [0.25, 0.3) is 0 Å². The van der Waals surface area contributed by atoms with Crippen LogP contribution in [-0.2, 0) is 14.3 Å². The molecule has 25 heavy (non-hydrogen) atoms. The standard InChI is InChI=1S/C21H36O4/c1-2-3-4-9-15-24-16-14-18-17(19-12-13-20(18)25-19)10-7-5-6-8-11-21(22)23/h5,7,17-20H,2-4,6,8-16H2,1H3,(H,22,23)/t17-,18+,19-,20+/m1/s1. The number of hydrogen-bond donors (Lipinski definition) is 1. The molecule has 2 rings (SSSR count). The summed E-state index contributed by atoms with van der Waals surface area (Å²) in [6.07, 6.45) is 16.8. The van der Waals surface area contributed by atoms with Gasteiger partial charge in [0.25, 0.3) is 0 Å². The van der Waals surface area contributed by atoms with E-state index in [0.717, 1.165) is 38.9 Å². The summed E-state index contributed by atoms with van der Waals surface area (Å²) in [4.78, 5) is 10.5. The molecule has 2 heterocycles. The second-order valence-electron chi connectivity index (χ2n) is 7.57. The molecule has 2 bridgehead atoms. The van der Waals surface area contributed by atoms with Crippen LogP contribution in [0.5, 0.6) is 0 Å². The summed E-state index contributed by atoms with van der Waals surface area (Å²) < 4.78 is 12.0. The molecule has 144 valence electrons. The van der Waals surface area contributed by atoms with Crippen LogP contribution < -0.4 is 0 Å². The Balaban J connectivity index is 1.63. The van der Waals surface area contributed by atoms with Gasteiger partial charge in [-0.1, -0.05) is 38.3 Å². The third kappa shape index (κ3) is 7.10. The van der Waals surface area contributed by atoms with Crippen LogP contribution in [0.3, 0.4) is 0 Å². The van der Waals surface area contributed by atoms with Gasteiger partial charge in [-0.2, -0.15) is 0 Å². The van der Waals surface area contributed by atoms with Crippen LogP contribution in [-0.4, -0.2) is 36.5 Å². The van der Waals surface area contributed by atoms with Gasteiger partial charge in [-0.3, -0.25) is 4.79 Å². The zero-order valence-electron chi connectivity index (χ0n) is 15.8. The lowest BCUT2D eigenvalue weighted by molar-refractivity contribution is -0.137. The minimum atomic E-state index is -0.704. The third-order valence-electron chi connectivity index (χ3n) is 5.66. The van der Waals surface area contributed by atoms with Crippen LogP contribution in [0.4, 0.5) is 0 Å². The zero-order chi connectivity index (χ0) is 17.9. The van der Waals surface area contributed by atoms with Gasteiger partial charge in [-0.25, -0.2) is 0 Å². The van der Waals surface area contributed by atoms with Gasteiger partial charge in [-0.15, -0.1) is 0 Å². The average Bonchev–Trinajstić information content (AvgIpc) is 3.19. The Labute approximate surface area is 153 Å². The molecule has 0 aromatic heterocycles. The second-order valence-corrected chi connectivity index (χ2v) is 7.57. The van der Waals surface area contributed by atoms with Gasteiger partial charge in [-0.05, 0) is 56.8 Å². The predicted octanol–water partition coefficient (Wildman–Crippen LogP) is 4.97. The molecule has 0 aromatic carbocycles. The van der Waals surface area contributed by atoms with Crippen molar-refractivity contribution >= 4 is 5.97 Å². The molecule has 4 heteroatoms. The molecular weight excluding hydrogens is 316 g/mol. The van der Waals surface area contributed by atoms with Crippen molar-refractivity contribution in [3.8, 4) is 0 Å². The topological polar surface area (TPSA) is 55.8 Å². The van der Waals surface area contributed by atoms with Gasteiger partial charge in [0.2, 0.25) is 0 Å². The Hall–Kier alpha value is -0.870. The smallest absolute Gasteiger partial charge is 0.303 e. The van der Waals surface area contributed by atoms with E-state index < -0.39 is 5.97 Å². The first-order chi connectivity index (χ1) is 12.2. The van der Waals surface area contributed by atoms with Gasteiger partial charge in [0.15, 0.2) is 0 Å². The normalized spacial score (nSPS) is 28.2. The number of allylic oxidation sites excluding steroid dienone is 2. The van der Waals surface area contributed by atoms with Crippen molar-refractivity contribution in [2.45, 2.75) is 89.8 Å². The van der Waals surface area contributed by atoms with Crippen LogP contribution in [0.2, 0.25) is 0 Å². The lowest BCUT2D eigenvalue weighted by Crippen LogP contribution is -2.28. The second kappa shape index (κ2) is 11.7. The lowest BCUT2D eigenvalue weighted by Gasteiger charge is -2.27. The maximum absolute atomic E-state index is 10.5. The van der Waals surface area contributed by atoms with E-state index in [1.54, 1.807) is 0 Å². The largest absolute Gasteiger partial charge is 0.481 e. The molecule has 2 aliphatic heterocycles. The van der Waals surface area contributed by atoms with E-state index in [4.69, 9.17) is 14.6 Å². The Bertz CT molecular complexity index is 407. The fourth-order valence-electron chi connectivity index (χ4n) is 4.29. The highest BCUT2D eigenvalue weighted by Gasteiger charge is 2.47. The van der Waals surface area contributed by atoms with Crippen molar-refractivity contribution < 1.29 is 19.4 Å². The van der Waals surface area contributed by atoms with E-state index in [2.05, 4.69) is 19.1 Å².